The molecule has 1 N–H and O–H groups in total. The predicted molar refractivity (Wildman–Crippen MR) is 133 cm³/mol. The molecule has 4 aliphatic carbocycles. The summed E-state index contributed by atoms with van der Waals surface area (Å²) in [6.45, 7) is 4.94. The second kappa shape index (κ2) is 7.14. The molecule has 0 unspecified atom stereocenters. The van der Waals surface area contributed by atoms with Crippen LogP contribution in [-0.4, -0.2) is 30.8 Å². The van der Waals surface area contributed by atoms with Crippen LogP contribution < -0.4 is 0 Å². The van der Waals surface area contributed by atoms with Gasteiger partial charge in [0, 0.05) is 21.6 Å². The zero-order valence-corrected chi connectivity index (χ0v) is 20.6. The number of aliphatic hydroxyl groups is 1. The van der Waals surface area contributed by atoms with Crippen LogP contribution in [0.15, 0.2) is 42.2 Å². The van der Waals surface area contributed by atoms with Crippen LogP contribution in [0.3, 0.4) is 0 Å². The molecule has 6 heteroatoms. The van der Waals surface area contributed by atoms with E-state index in [1.807, 2.05) is 16.6 Å². The monoisotopic (exact) mass is 474 g/mol. The molecule has 2 saturated carbocycles. The van der Waals surface area contributed by atoms with Gasteiger partial charge in [0.25, 0.3) is 5.78 Å². The quantitative estimate of drug-likeness (QED) is 0.454. The van der Waals surface area contributed by atoms with Crippen LogP contribution in [0.25, 0.3) is 17.0 Å². The lowest BCUT2D eigenvalue weighted by atomic mass is 9.48. The number of aromatic nitrogens is 4. The van der Waals surface area contributed by atoms with Gasteiger partial charge in [0.2, 0.25) is 0 Å². The van der Waals surface area contributed by atoms with Crippen LogP contribution in [0.1, 0.15) is 63.6 Å². The first-order valence-corrected chi connectivity index (χ1v) is 13.1. The number of rotatable bonds is 1. The second-order valence-electron chi connectivity index (χ2n) is 11.6. The molecule has 3 aromatic rings. The summed E-state index contributed by atoms with van der Waals surface area (Å²) < 4.78 is 1.92. The molecule has 2 aromatic heterocycles. The van der Waals surface area contributed by atoms with Crippen molar-refractivity contribution in [2.45, 2.75) is 70.3 Å². The summed E-state index contributed by atoms with van der Waals surface area (Å²) in [6.07, 6.45) is 11.4. The van der Waals surface area contributed by atoms with E-state index in [2.05, 4.69) is 42.1 Å². The molecule has 6 atom stereocenters. The van der Waals surface area contributed by atoms with Gasteiger partial charge in [-0.25, -0.2) is 4.98 Å². The van der Waals surface area contributed by atoms with E-state index in [1.165, 1.54) is 23.3 Å². The van der Waals surface area contributed by atoms with E-state index in [9.17, 15) is 5.11 Å². The summed E-state index contributed by atoms with van der Waals surface area (Å²) in [5.74, 6) is 2.59. The van der Waals surface area contributed by atoms with Gasteiger partial charge in [-0.3, -0.25) is 0 Å². The second-order valence-corrected chi connectivity index (χ2v) is 12.0. The minimum atomic E-state index is -0.157. The standard InChI is InChI=1S/C28H31ClN4O/c1-27-11-9-19(34)13-17(27)5-8-20-22(27)10-12-28(2)23(20)14-21-24(16-3-6-18(29)7-4-16)33-26(30-15-31-33)32-25(21)28/h3-7,15,19-20,22-23,34H,8-14H2,1-2H3/t19-,20+,22-,23-,27-,28-/m0/s1. The van der Waals surface area contributed by atoms with E-state index in [4.69, 9.17) is 16.6 Å². The van der Waals surface area contributed by atoms with E-state index < -0.39 is 0 Å². The number of benzene rings is 1. The number of hydrogen-bond donors (Lipinski definition) is 1. The largest absolute Gasteiger partial charge is 0.393 e. The Kier molecular flexibility index (Phi) is 4.43. The molecule has 1 aromatic carbocycles. The summed E-state index contributed by atoms with van der Waals surface area (Å²) in [6, 6.07) is 8.10. The first-order chi connectivity index (χ1) is 16.4. The first kappa shape index (κ1) is 21.1. The van der Waals surface area contributed by atoms with Crippen molar-refractivity contribution in [2.24, 2.45) is 23.2 Å². The first-order valence-electron chi connectivity index (χ1n) is 12.7. The molecule has 176 valence electrons. The Bertz CT molecular complexity index is 1330. The van der Waals surface area contributed by atoms with E-state index in [0.717, 1.165) is 54.8 Å². The van der Waals surface area contributed by atoms with Gasteiger partial charge >= 0.3 is 0 Å². The molecule has 0 aliphatic heterocycles. The lowest BCUT2D eigenvalue weighted by Gasteiger charge is -2.57. The molecule has 34 heavy (non-hydrogen) atoms. The molecular weight excluding hydrogens is 444 g/mol. The lowest BCUT2D eigenvalue weighted by Crippen LogP contribution is -2.51. The van der Waals surface area contributed by atoms with Crippen molar-refractivity contribution in [1.82, 2.24) is 19.6 Å². The third-order valence-corrected chi connectivity index (χ3v) is 10.3. The highest BCUT2D eigenvalue weighted by Gasteiger charge is 2.58. The van der Waals surface area contributed by atoms with E-state index in [0.29, 0.717) is 23.5 Å². The number of halogens is 1. The van der Waals surface area contributed by atoms with Crippen LogP contribution >= 0.6 is 11.6 Å². The van der Waals surface area contributed by atoms with Crippen LogP contribution in [0.2, 0.25) is 5.02 Å². The van der Waals surface area contributed by atoms with Gasteiger partial charge in [-0.05, 0) is 80.2 Å². The molecule has 2 fully saturated rings. The van der Waals surface area contributed by atoms with Crippen LogP contribution in [0, 0.1) is 23.2 Å². The lowest BCUT2D eigenvalue weighted by molar-refractivity contribution is -0.0169. The maximum Gasteiger partial charge on any atom is 0.252 e. The van der Waals surface area contributed by atoms with Crippen molar-refractivity contribution in [2.75, 3.05) is 0 Å². The van der Waals surface area contributed by atoms with Crippen LogP contribution in [-0.2, 0) is 11.8 Å². The fourth-order valence-electron chi connectivity index (χ4n) is 8.30. The van der Waals surface area contributed by atoms with Gasteiger partial charge in [-0.1, -0.05) is 49.2 Å². The summed E-state index contributed by atoms with van der Waals surface area (Å²) in [5.41, 5.74) is 6.64. The minimum Gasteiger partial charge on any atom is -0.393 e. The molecule has 5 nitrogen and oxygen atoms in total. The summed E-state index contributed by atoms with van der Waals surface area (Å²) in [7, 11) is 0. The zero-order chi connectivity index (χ0) is 23.2. The average Bonchev–Trinajstić information content (AvgIpc) is 3.41. The van der Waals surface area contributed by atoms with Crippen molar-refractivity contribution >= 4 is 17.4 Å². The Balaban J connectivity index is 1.36. The number of aliphatic hydroxyl groups excluding tert-OH is 1. The van der Waals surface area contributed by atoms with Crippen molar-refractivity contribution in [3.8, 4) is 11.3 Å². The SMILES string of the molecule is C[C@]12CC[C@H](O)CC1=CC[C@@H]1[C@@H]2CC[C@]2(C)c3nc4ncnn4c(-c4ccc(Cl)cc4)c3C[C@@H]12. The molecule has 0 saturated heterocycles. The van der Waals surface area contributed by atoms with Crippen molar-refractivity contribution in [3.05, 3.63) is 58.5 Å². The summed E-state index contributed by atoms with van der Waals surface area (Å²) >= 11 is 6.22. The molecule has 0 spiro atoms. The smallest absolute Gasteiger partial charge is 0.252 e. The van der Waals surface area contributed by atoms with Gasteiger partial charge < -0.3 is 5.11 Å². The Hall–Kier alpha value is -2.24. The highest BCUT2D eigenvalue weighted by atomic mass is 35.5. The van der Waals surface area contributed by atoms with E-state index in [1.54, 1.807) is 6.33 Å². The van der Waals surface area contributed by atoms with Gasteiger partial charge in [0.15, 0.2) is 0 Å². The third kappa shape index (κ3) is 2.74. The number of hydrogen-bond acceptors (Lipinski definition) is 4. The molecule has 0 amide bonds. The van der Waals surface area contributed by atoms with Gasteiger partial charge in [-0.15, -0.1) is 0 Å². The highest BCUT2D eigenvalue weighted by molar-refractivity contribution is 6.30. The maximum absolute atomic E-state index is 10.3. The van der Waals surface area contributed by atoms with Gasteiger partial charge in [0.05, 0.1) is 17.5 Å². The van der Waals surface area contributed by atoms with Gasteiger partial charge in [0.1, 0.15) is 6.33 Å². The summed E-state index contributed by atoms with van der Waals surface area (Å²) in [4.78, 5) is 9.64. The highest BCUT2D eigenvalue weighted by Crippen LogP contribution is 2.64. The fourth-order valence-corrected chi connectivity index (χ4v) is 8.43. The number of fused-ring (bicyclic) bond motifs is 8. The van der Waals surface area contributed by atoms with Crippen LogP contribution in [0.5, 0.6) is 0 Å². The fraction of sp³-hybridized carbons (Fsp3) is 0.536. The van der Waals surface area contributed by atoms with Crippen molar-refractivity contribution in [3.63, 3.8) is 0 Å². The molecule has 4 aliphatic rings. The Morgan fingerprint density at radius 2 is 1.82 bits per heavy atom. The number of allylic oxidation sites excluding steroid dienone is 1. The minimum absolute atomic E-state index is 0.0568. The third-order valence-electron chi connectivity index (χ3n) is 10.1. The molecular formula is C28H31ClN4O. The molecule has 2 heterocycles. The molecule has 0 radical (unpaired) electrons. The predicted octanol–water partition coefficient (Wildman–Crippen LogP) is 5.78. The Morgan fingerprint density at radius 1 is 1.03 bits per heavy atom. The van der Waals surface area contributed by atoms with E-state index >= 15 is 0 Å². The zero-order valence-electron chi connectivity index (χ0n) is 19.8. The van der Waals surface area contributed by atoms with Crippen molar-refractivity contribution in [1.29, 1.82) is 0 Å². The number of nitrogens with zero attached hydrogens (tertiary/aromatic N) is 4. The normalized spacial score (nSPS) is 36.4. The average molecular weight is 475 g/mol. The Labute approximate surface area is 205 Å². The Morgan fingerprint density at radius 3 is 2.65 bits per heavy atom. The van der Waals surface area contributed by atoms with Gasteiger partial charge in [-0.2, -0.15) is 14.6 Å². The molecule has 7 rings (SSSR count). The summed E-state index contributed by atoms with van der Waals surface area (Å²) in [5, 5.41) is 15.6. The van der Waals surface area contributed by atoms with E-state index in [-0.39, 0.29) is 16.9 Å². The topological polar surface area (TPSA) is 63.3 Å². The van der Waals surface area contributed by atoms with Crippen LogP contribution in [0.4, 0.5) is 0 Å². The molecule has 0 bridgehead atoms. The maximum atomic E-state index is 10.3. The van der Waals surface area contributed by atoms with Crippen molar-refractivity contribution < 1.29 is 5.11 Å².